The fourth-order valence-electron chi connectivity index (χ4n) is 0.746. The van der Waals surface area contributed by atoms with E-state index >= 15 is 0 Å². The highest BCUT2D eigenvalue weighted by Gasteiger charge is 2.18. The molecule has 0 rings (SSSR count). The van der Waals surface area contributed by atoms with Crippen LogP contribution in [0.25, 0.3) is 0 Å². The molecule has 0 bridgehead atoms. The van der Waals surface area contributed by atoms with Gasteiger partial charge in [-0.25, -0.2) is 0 Å². The zero-order valence-electron chi connectivity index (χ0n) is 8.99. The molecule has 0 heterocycles. The second kappa shape index (κ2) is 5.22. The van der Waals surface area contributed by atoms with Crippen molar-refractivity contribution in [3.05, 3.63) is 0 Å². The Morgan fingerprint density at radius 3 is 2.33 bits per heavy atom. The molecule has 0 aromatic heterocycles. The van der Waals surface area contributed by atoms with Crippen molar-refractivity contribution in [2.45, 2.75) is 34.6 Å². The predicted octanol–water partition coefficient (Wildman–Crippen LogP) is 2.28. The van der Waals surface area contributed by atoms with Crippen molar-refractivity contribution in [3.63, 3.8) is 0 Å². The molecule has 70 valence electrons. The van der Waals surface area contributed by atoms with Gasteiger partial charge in [-0.3, -0.25) is 0 Å². The molecular weight excluding hydrogens is 146 g/mol. The van der Waals surface area contributed by atoms with Gasteiger partial charge in [-0.05, 0) is 24.8 Å². The van der Waals surface area contributed by atoms with Gasteiger partial charge >= 0.3 is 0 Å². The summed E-state index contributed by atoms with van der Waals surface area (Å²) in [7, 11) is 0. The number of hydrogen-bond acceptors (Lipinski definition) is 1. The Hall–Kier alpha value is -0.480. The fraction of sp³-hybridized carbons (Fsp3) is 0.818. The highest BCUT2D eigenvalue weighted by Crippen LogP contribution is 2.24. The maximum Gasteiger partial charge on any atom is 0.0576 e. The van der Waals surface area contributed by atoms with Gasteiger partial charge < -0.3 is 5.32 Å². The topological polar surface area (TPSA) is 12.0 Å². The molecule has 12 heavy (non-hydrogen) atoms. The lowest BCUT2D eigenvalue weighted by Gasteiger charge is -2.27. The minimum atomic E-state index is 0.395. The van der Waals surface area contributed by atoms with Crippen LogP contribution in [0.5, 0.6) is 0 Å². The van der Waals surface area contributed by atoms with Crippen LogP contribution in [0.15, 0.2) is 0 Å². The van der Waals surface area contributed by atoms with Crippen molar-refractivity contribution in [2.75, 3.05) is 13.1 Å². The Morgan fingerprint density at radius 1 is 1.33 bits per heavy atom. The van der Waals surface area contributed by atoms with E-state index in [4.69, 9.17) is 0 Å². The van der Waals surface area contributed by atoms with Crippen molar-refractivity contribution >= 4 is 0 Å². The molecule has 0 saturated carbocycles. The third-order valence-electron chi connectivity index (χ3n) is 2.32. The molecule has 0 fully saturated rings. The van der Waals surface area contributed by atoms with E-state index in [1.165, 1.54) is 0 Å². The lowest BCUT2D eigenvalue weighted by atomic mass is 9.82. The molecule has 0 aromatic rings. The molecule has 1 atom stereocenters. The van der Waals surface area contributed by atoms with Crippen LogP contribution in [0.1, 0.15) is 34.6 Å². The van der Waals surface area contributed by atoms with Crippen molar-refractivity contribution < 1.29 is 0 Å². The Labute approximate surface area is 76.9 Å². The largest absolute Gasteiger partial charge is 0.306 e. The molecule has 1 unspecified atom stereocenters. The van der Waals surface area contributed by atoms with Gasteiger partial charge in [-0.1, -0.05) is 33.6 Å². The van der Waals surface area contributed by atoms with Crippen LogP contribution in [-0.4, -0.2) is 13.1 Å². The van der Waals surface area contributed by atoms with E-state index in [2.05, 4.69) is 44.9 Å². The van der Waals surface area contributed by atoms with Crippen molar-refractivity contribution in [1.29, 1.82) is 0 Å². The first-order valence-electron chi connectivity index (χ1n) is 4.58. The highest BCUT2D eigenvalue weighted by molar-refractivity contribution is 4.97. The average Bonchev–Trinajstić information content (AvgIpc) is 1.96. The van der Waals surface area contributed by atoms with Crippen molar-refractivity contribution in [2.24, 2.45) is 11.3 Å². The summed E-state index contributed by atoms with van der Waals surface area (Å²) in [5, 5.41) is 3.32. The van der Waals surface area contributed by atoms with Crippen LogP contribution in [0.4, 0.5) is 0 Å². The van der Waals surface area contributed by atoms with E-state index in [9.17, 15) is 0 Å². The lowest BCUT2D eigenvalue weighted by Crippen LogP contribution is -2.29. The number of hydrogen-bond donors (Lipinski definition) is 1. The molecule has 0 amide bonds. The van der Waals surface area contributed by atoms with Crippen LogP contribution in [0.2, 0.25) is 0 Å². The summed E-state index contributed by atoms with van der Waals surface area (Å²) in [6.45, 7) is 12.8. The first-order valence-corrected chi connectivity index (χ1v) is 4.58. The van der Waals surface area contributed by atoms with Crippen LogP contribution in [0.3, 0.4) is 0 Å². The normalized spacial score (nSPS) is 13.4. The number of nitrogens with one attached hydrogen (secondary N) is 1. The summed E-state index contributed by atoms with van der Waals surface area (Å²) in [6, 6.07) is 0. The van der Waals surface area contributed by atoms with Crippen LogP contribution in [0, 0.1) is 23.2 Å². The summed E-state index contributed by atoms with van der Waals surface area (Å²) in [4.78, 5) is 0. The zero-order valence-corrected chi connectivity index (χ0v) is 8.99. The fourth-order valence-corrected chi connectivity index (χ4v) is 0.746. The lowest BCUT2D eigenvalue weighted by molar-refractivity contribution is 0.256. The van der Waals surface area contributed by atoms with E-state index in [1.807, 2.05) is 6.92 Å². The quantitative estimate of drug-likeness (QED) is 0.502. The molecule has 0 aromatic carbocycles. The monoisotopic (exact) mass is 167 g/mol. The van der Waals surface area contributed by atoms with Gasteiger partial charge in [-0.15, -0.1) is 5.92 Å². The molecule has 0 aliphatic carbocycles. The van der Waals surface area contributed by atoms with E-state index in [1.54, 1.807) is 0 Å². The minimum Gasteiger partial charge on any atom is -0.306 e. The summed E-state index contributed by atoms with van der Waals surface area (Å²) < 4.78 is 0. The van der Waals surface area contributed by atoms with Crippen molar-refractivity contribution in [1.82, 2.24) is 5.32 Å². The van der Waals surface area contributed by atoms with E-state index in [0.29, 0.717) is 11.3 Å². The molecule has 0 saturated heterocycles. The maximum atomic E-state index is 3.32. The van der Waals surface area contributed by atoms with E-state index in [-0.39, 0.29) is 0 Å². The molecular formula is C11H21N. The van der Waals surface area contributed by atoms with E-state index in [0.717, 1.165) is 13.1 Å². The van der Waals surface area contributed by atoms with Crippen LogP contribution < -0.4 is 5.32 Å². The molecule has 0 aliphatic rings. The van der Waals surface area contributed by atoms with Gasteiger partial charge in [0.1, 0.15) is 0 Å². The Morgan fingerprint density at radius 2 is 1.92 bits per heavy atom. The van der Waals surface area contributed by atoms with Gasteiger partial charge in [0.05, 0.1) is 6.54 Å². The second-order valence-electron chi connectivity index (χ2n) is 4.32. The molecule has 1 N–H and O–H groups in total. The number of rotatable bonds is 3. The molecule has 0 spiro atoms. The Bertz CT molecular complexity index is 166. The molecule has 0 radical (unpaired) electrons. The maximum absolute atomic E-state index is 3.32. The zero-order chi connectivity index (χ0) is 9.61. The summed E-state index contributed by atoms with van der Waals surface area (Å²) in [6.07, 6.45) is 0. The van der Waals surface area contributed by atoms with Gasteiger partial charge in [0, 0.05) is 0 Å². The second-order valence-corrected chi connectivity index (χ2v) is 4.32. The first-order chi connectivity index (χ1) is 5.48. The SMILES string of the molecule is CC#CCNCC(C)C(C)(C)C. The van der Waals surface area contributed by atoms with Gasteiger partial charge in [0.2, 0.25) is 0 Å². The average molecular weight is 167 g/mol. The third kappa shape index (κ3) is 5.21. The van der Waals surface area contributed by atoms with Gasteiger partial charge in [0.15, 0.2) is 0 Å². The third-order valence-corrected chi connectivity index (χ3v) is 2.32. The first kappa shape index (κ1) is 11.5. The van der Waals surface area contributed by atoms with Crippen LogP contribution >= 0.6 is 0 Å². The highest BCUT2D eigenvalue weighted by atomic mass is 14.8. The summed E-state index contributed by atoms with van der Waals surface area (Å²) >= 11 is 0. The molecule has 1 nitrogen and oxygen atoms in total. The Balaban J connectivity index is 3.55. The smallest absolute Gasteiger partial charge is 0.0576 e. The van der Waals surface area contributed by atoms with Gasteiger partial charge in [0.25, 0.3) is 0 Å². The van der Waals surface area contributed by atoms with Crippen LogP contribution in [-0.2, 0) is 0 Å². The standard InChI is InChI=1S/C11H21N/c1-6-7-8-12-9-10(2)11(3,4)5/h10,12H,8-9H2,1-5H3. The Kier molecular flexibility index (Phi) is 5.01. The minimum absolute atomic E-state index is 0.395. The van der Waals surface area contributed by atoms with Gasteiger partial charge in [-0.2, -0.15) is 0 Å². The van der Waals surface area contributed by atoms with E-state index < -0.39 is 0 Å². The predicted molar refractivity (Wildman–Crippen MR) is 54.9 cm³/mol. The summed E-state index contributed by atoms with van der Waals surface area (Å²) in [5.74, 6) is 6.55. The molecule has 0 aliphatic heterocycles. The molecule has 1 heteroatoms. The van der Waals surface area contributed by atoms with Crippen molar-refractivity contribution in [3.8, 4) is 11.8 Å². The summed E-state index contributed by atoms with van der Waals surface area (Å²) in [5.41, 5.74) is 0.395.